The third-order valence-electron chi connectivity index (χ3n) is 2.25. The molecule has 18 heavy (non-hydrogen) atoms. The van der Waals surface area contributed by atoms with Crippen LogP contribution < -0.4 is 4.74 Å². The number of methoxy groups -OCH3 is 2. The van der Waals surface area contributed by atoms with E-state index in [0.29, 0.717) is 21.9 Å². The van der Waals surface area contributed by atoms with Crippen molar-refractivity contribution in [2.24, 2.45) is 0 Å². The van der Waals surface area contributed by atoms with Crippen LogP contribution in [0.5, 0.6) is 5.75 Å². The summed E-state index contributed by atoms with van der Waals surface area (Å²) in [6, 6.07) is 5.22. The maximum Gasteiger partial charge on any atom is 0.340 e. The second-order valence-electron chi connectivity index (χ2n) is 3.82. The second kappa shape index (κ2) is 6.31. The summed E-state index contributed by atoms with van der Waals surface area (Å²) in [6.07, 6.45) is 1.67. The van der Waals surface area contributed by atoms with E-state index in [-0.39, 0.29) is 0 Å². The van der Waals surface area contributed by atoms with Gasteiger partial charge in [-0.25, -0.2) is 4.79 Å². The van der Waals surface area contributed by atoms with Gasteiger partial charge < -0.3 is 14.4 Å². The smallest absolute Gasteiger partial charge is 0.340 e. The van der Waals surface area contributed by atoms with E-state index in [2.05, 4.69) is 0 Å². The molecule has 0 spiro atoms. The minimum Gasteiger partial charge on any atom is -0.495 e. The summed E-state index contributed by atoms with van der Waals surface area (Å²) < 4.78 is 10.0. The molecule has 0 bridgehead atoms. The Bertz CT molecular complexity index is 469. The Morgan fingerprint density at radius 3 is 2.50 bits per heavy atom. The van der Waals surface area contributed by atoms with Gasteiger partial charge in [-0.1, -0.05) is 23.7 Å². The van der Waals surface area contributed by atoms with Crippen LogP contribution >= 0.6 is 11.6 Å². The molecule has 0 unspecified atom stereocenters. The fraction of sp³-hybridized carbons (Fsp3) is 0.308. The predicted molar refractivity (Wildman–Crippen MR) is 71.7 cm³/mol. The maximum absolute atomic E-state index is 11.8. The molecule has 0 aliphatic carbocycles. The molecule has 0 radical (unpaired) electrons. The van der Waals surface area contributed by atoms with Gasteiger partial charge in [0, 0.05) is 25.9 Å². The normalized spacial score (nSPS) is 11.1. The molecule has 0 aromatic heterocycles. The van der Waals surface area contributed by atoms with Gasteiger partial charge in [0.2, 0.25) is 0 Å². The lowest BCUT2D eigenvalue weighted by molar-refractivity contribution is -0.133. The zero-order chi connectivity index (χ0) is 13.7. The van der Waals surface area contributed by atoms with Gasteiger partial charge in [0.1, 0.15) is 5.75 Å². The highest BCUT2D eigenvalue weighted by molar-refractivity contribution is 6.33. The molecule has 0 aliphatic rings. The second-order valence-corrected chi connectivity index (χ2v) is 4.23. The van der Waals surface area contributed by atoms with Crippen LogP contribution in [0.3, 0.4) is 0 Å². The summed E-state index contributed by atoms with van der Waals surface area (Å²) in [6.45, 7) is 0. The summed E-state index contributed by atoms with van der Waals surface area (Å²) in [4.78, 5) is 13.6. The number of rotatable bonds is 4. The predicted octanol–water partition coefficient (Wildman–Crippen LogP) is 2.42. The quantitative estimate of drug-likeness (QED) is 0.622. The van der Waals surface area contributed by atoms with E-state index in [4.69, 9.17) is 21.1 Å². The molecule has 1 aromatic carbocycles. The zero-order valence-electron chi connectivity index (χ0n) is 10.9. The summed E-state index contributed by atoms with van der Waals surface area (Å²) in [5, 5.41) is 0.448. The van der Waals surface area contributed by atoms with E-state index in [9.17, 15) is 4.79 Å². The Morgan fingerprint density at radius 2 is 2.00 bits per heavy atom. The number of carbonyl (C=O) groups excluding carboxylic acids is 1. The molecule has 0 atom stereocenters. The van der Waals surface area contributed by atoms with E-state index in [1.54, 1.807) is 29.3 Å². The molecular formula is C13H16ClNO3. The fourth-order valence-electron chi connectivity index (χ4n) is 1.53. The van der Waals surface area contributed by atoms with Crippen molar-refractivity contribution in [2.75, 3.05) is 28.3 Å². The molecule has 0 N–H and O–H groups in total. The highest BCUT2D eigenvalue weighted by Crippen LogP contribution is 2.33. The SMILES string of the molecule is COC(=O)/C(=C\N(C)C)c1cccc(Cl)c1OC. The molecule has 0 aliphatic heterocycles. The van der Waals surface area contributed by atoms with E-state index in [1.165, 1.54) is 14.2 Å². The van der Waals surface area contributed by atoms with Crippen molar-refractivity contribution < 1.29 is 14.3 Å². The van der Waals surface area contributed by atoms with E-state index in [0.717, 1.165) is 0 Å². The van der Waals surface area contributed by atoms with Crippen molar-refractivity contribution in [3.8, 4) is 5.75 Å². The number of halogens is 1. The first-order valence-electron chi connectivity index (χ1n) is 5.30. The number of esters is 1. The Balaban J connectivity index is 3.39. The van der Waals surface area contributed by atoms with Gasteiger partial charge in [-0.2, -0.15) is 0 Å². The lowest BCUT2D eigenvalue weighted by Crippen LogP contribution is -2.11. The van der Waals surface area contributed by atoms with E-state index in [1.807, 2.05) is 14.1 Å². The molecular weight excluding hydrogens is 254 g/mol. The van der Waals surface area contributed by atoms with Crippen molar-refractivity contribution >= 4 is 23.1 Å². The number of nitrogens with zero attached hydrogens (tertiary/aromatic N) is 1. The van der Waals surface area contributed by atoms with Crippen LogP contribution in [0.25, 0.3) is 5.57 Å². The van der Waals surface area contributed by atoms with E-state index >= 15 is 0 Å². The molecule has 0 fully saturated rings. The molecule has 0 saturated heterocycles. The van der Waals surface area contributed by atoms with Gasteiger partial charge in [0.05, 0.1) is 24.8 Å². The minimum absolute atomic E-state index is 0.391. The number of ether oxygens (including phenoxy) is 2. The highest BCUT2D eigenvalue weighted by Gasteiger charge is 2.18. The number of para-hydroxylation sites is 1. The third-order valence-corrected chi connectivity index (χ3v) is 2.55. The van der Waals surface area contributed by atoms with Crippen molar-refractivity contribution in [3.63, 3.8) is 0 Å². The van der Waals surface area contributed by atoms with Gasteiger partial charge in [0.15, 0.2) is 0 Å². The van der Waals surface area contributed by atoms with Gasteiger partial charge >= 0.3 is 5.97 Å². The Labute approximate surface area is 112 Å². The summed E-state index contributed by atoms with van der Waals surface area (Å²) in [5.41, 5.74) is 0.993. The largest absolute Gasteiger partial charge is 0.495 e. The topological polar surface area (TPSA) is 38.8 Å². The molecule has 0 amide bonds. The molecule has 0 heterocycles. The van der Waals surface area contributed by atoms with E-state index < -0.39 is 5.97 Å². The first-order valence-corrected chi connectivity index (χ1v) is 5.68. The number of carbonyl (C=O) groups is 1. The van der Waals surface area contributed by atoms with Crippen LogP contribution in [0.15, 0.2) is 24.4 Å². The van der Waals surface area contributed by atoms with Gasteiger partial charge in [-0.3, -0.25) is 0 Å². The summed E-state index contributed by atoms with van der Waals surface area (Å²) in [7, 11) is 6.48. The zero-order valence-corrected chi connectivity index (χ0v) is 11.6. The molecule has 4 nitrogen and oxygen atoms in total. The van der Waals surface area contributed by atoms with Crippen LogP contribution in [0.2, 0.25) is 5.02 Å². The standard InChI is InChI=1S/C13H16ClNO3/c1-15(2)8-10(13(16)18-4)9-6-5-7-11(14)12(9)17-3/h5-8H,1-4H3/b10-8-. The maximum atomic E-state index is 11.8. The first-order chi connectivity index (χ1) is 8.51. The molecule has 98 valence electrons. The lowest BCUT2D eigenvalue weighted by atomic mass is 10.1. The lowest BCUT2D eigenvalue weighted by Gasteiger charge is -2.14. The van der Waals surface area contributed by atoms with Crippen molar-refractivity contribution in [1.29, 1.82) is 0 Å². The average Bonchev–Trinajstić information content (AvgIpc) is 2.34. The van der Waals surface area contributed by atoms with Crippen LogP contribution in [0, 0.1) is 0 Å². The molecule has 0 saturated carbocycles. The Kier molecular flexibility index (Phi) is 5.04. The summed E-state index contributed by atoms with van der Waals surface area (Å²) >= 11 is 6.04. The fourth-order valence-corrected chi connectivity index (χ4v) is 1.78. The number of hydrogen-bond acceptors (Lipinski definition) is 4. The van der Waals surface area contributed by atoms with Crippen LogP contribution in [-0.4, -0.2) is 39.2 Å². The van der Waals surface area contributed by atoms with Crippen molar-refractivity contribution in [3.05, 3.63) is 35.0 Å². The van der Waals surface area contributed by atoms with Gasteiger partial charge in [0.25, 0.3) is 0 Å². The first kappa shape index (κ1) is 14.4. The Hall–Kier alpha value is -1.68. The monoisotopic (exact) mass is 269 g/mol. The molecule has 1 aromatic rings. The Morgan fingerprint density at radius 1 is 1.33 bits per heavy atom. The summed E-state index contributed by atoms with van der Waals surface area (Å²) in [5.74, 6) is 0.0157. The van der Waals surface area contributed by atoms with Gasteiger partial charge in [-0.05, 0) is 6.07 Å². The van der Waals surface area contributed by atoms with Gasteiger partial charge in [-0.15, -0.1) is 0 Å². The van der Waals surface area contributed by atoms with Crippen molar-refractivity contribution in [2.45, 2.75) is 0 Å². The highest BCUT2D eigenvalue weighted by atomic mass is 35.5. The molecule has 1 rings (SSSR count). The number of hydrogen-bond donors (Lipinski definition) is 0. The van der Waals surface area contributed by atoms with Crippen LogP contribution in [-0.2, 0) is 9.53 Å². The third kappa shape index (κ3) is 3.17. The van der Waals surface area contributed by atoms with Crippen LogP contribution in [0.1, 0.15) is 5.56 Å². The van der Waals surface area contributed by atoms with Crippen molar-refractivity contribution in [1.82, 2.24) is 4.90 Å². The minimum atomic E-state index is -0.440. The van der Waals surface area contributed by atoms with Crippen LogP contribution in [0.4, 0.5) is 0 Å². The number of benzene rings is 1. The average molecular weight is 270 g/mol. The molecule has 5 heteroatoms.